The van der Waals surface area contributed by atoms with Crippen molar-refractivity contribution in [2.75, 3.05) is 50.8 Å². The number of halogens is 3. The molecule has 2 N–H and O–H groups in total. The molecule has 0 aliphatic carbocycles. The summed E-state index contributed by atoms with van der Waals surface area (Å²) in [4.78, 5) is 8.90. The number of rotatable bonds is 4. The zero-order valence-electron chi connectivity index (χ0n) is 15.4. The molecule has 9 heteroatoms. The molecule has 1 aromatic carbocycles. The van der Waals surface area contributed by atoms with Gasteiger partial charge in [0.15, 0.2) is 5.96 Å². The Labute approximate surface area is 186 Å². The van der Waals surface area contributed by atoms with E-state index in [1.165, 1.54) is 6.07 Å². The third kappa shape index (κ3) is 6.09. The van der Waals surface area contributed by atoms with E-state index in [0.717, 1.165) is 31.1 Å². The second-order valence-electron chi connectivity index (χ2n) is 6.63. The molecule has 5 nitrogen and oxygen atoms in total. The predicted molar refractivity (Wildman–Crippen MR) is 122 cm³/mol. The van der Waals surface area contributed by atoms with Gasteiger partial charge in [-0.05, 0) is 19.1 Å². The first-order valence-corrected chi connectivity index (χ1v) is 10.5. The minimum atomic E-state index is -0.301. The summed E-state index contributed by atoms with van der Waals surface area (Å²) in [6.07, 6.45) is 0.0947. The maximum absolute atomic E-state index is 14.6. The van der Waals surface area contributed by atoms with Crippen molar-refractivity contribution < 1.29 is 9.13 Å². The lowest BCUT2D eigenvalue weighted by molar-refractivity contribution is -0.0337. The van der Waals surface area contributed by atoms with Crippen molar-refractivity contribution >= 4 is 53.3 Å². The highest BCUT2D eigenvalue weighted by molar-refractivity contribution is 14.0. The van der Waals surface area contributed by atoms with E-state index < -0.39 is 0 Å². The van der Waals surface area contributed by atoms with Gasteiger partial charge in [-0.3, -0.25) is 9.89 Å². The molecule has 27 heavy (non-hydrogen) atoms. The Bertz CT molecular complexity index is 628. The summed E-state index contributed by atoms with van der Waals surface area (Å²) < 4.78 is 20.2. The average Bonchev–Trinajstić information content (AvgIpc) is 2.64. The van der Waals surface area contributed by atoms with Gasteiger partial charge < -0.3 is 15.4 Å². The molecule has 152 valence electrons. The van der Waals surface area contributed by atoms with E-state index >= 15 is 0 Å². The third-order valence-corrected chi connectivity index (χ3v) is 6.08. The van der Waals surface area contributed by atoms with Crippen molar-refractivity contribution in [1.82, 2.24) is 9.80 Å². The number of benzene rings is 1. The first kappa shape index (κ1) is 23.0. The van der Waals surface area contributed by atoms with Crippen LogP contribution in [0.3, 0.4) is 0 Å². The zero-order valence-corrected chi connectivity index (χ0v) is 19.3. The van der Waals surface area contributed by atoms with Gasteiger partial charge in [0.1, 0.15) is 5.82 Å². The summed E-state index contributed by atoms with van der Waals surface area (Å²) in [5.41, 5.74) is 6.70. The summed E-state index contributed by atoms with van der Waals surface area (Å²) in [5.74, 6) is 2.34. The van der Waals surface area contributed by atoms with E-state index in [0.29, 0.717) is 36.2 Å². The highest BCUT2D eigenvalue weighted by atomic mass is 127. The van der Waals surface area contributed by atoms with Crippen molar-refractivity contribution in [2.24, 2.45) is 10.7 Å². The number of ether oxygens (including phenoxy) is 1. The lowest BCUT2D eigenvalue weighted by Gasteiger charge is -2.37. The quantitative estimate of drug-likeness (QED) is 0.370. The summed E-state index contributed by atoms with van der Waals surface area (Å²) in [5, 5.41) is 0.428. The normalized spacial score (nSPS) is 23.0. The molecule has 0 bridgehead atoms. The van der Waals surface area contributed by atoms with Crippen molar-refractivity contribution in [3.63, 3.8) is 0 Å². The fourth-order valence-corrected chi connectivity index (χ4v) is 4.61. The van der Waals surface area contributed by atoms with E-state index in [1.54, 1.807) is 12.1 Å². The number of hydrogen-bond donors (Lipinski definition) is 1. The molecule has 0 aromatic heterocycles. The number of hydrogen-bond acceptors (Lipinski definition) is 4. The van der Waals surface area contributed by atoms with Crippen LogP contribution < -0.4 is 5.73 Å². The van der Waals surface area contributed by atoms with Crippen LogP contribution >= 0.6 is 47.3 Å². The van der Waals surface area contributed by atoms with E-state index in [-0.39, 0.29) is 41.9 Å². The minimum absolute atomic E-state index is 0. The third-order valence-electron chi connectivity index (χ3n) is 4.81. The molecule has 1 aromatic rings. The van der Waals surface area contributed by atoms with Gasteiger partial charge in [-0.15, -0.1) is 24.0 Å². The van der Waals surface area contributed by atoms with Crippen molar-refractivity contribution in [3.8, 4) is 0 Å². The van der Waals surface area contributed by atoms with Crippen LogP contribution in [0, 0.1) is 5.82 Å². The molecule has 0 spiro atoms. The average molecular weight is 529 g/mol. The standard InChI is InChI=1S/C18H26ClFN4OS.HI/c1-13-12-24(5-8-25-13)16(17-14(19)3-2-4-15(17)20)11-22-18(21)23-6-9-26-10-7-23;/h2-4,13,16H,5-12H2,1H3,(H2,21,22);1H. The highest BCUT2D eigenvalue weighted by Crippen LogP contribution is 2.31. The van der Waals surface area contributed by atoms with Crippen molar-refractivity contribution in [2.45, 2.75) is 19.1 Å². The van der Waals surface area contributed by atoms with Crippen LogP contribution in [0.15, 0.2) is 23.2 Å². The first-order valence-electron chi connectivity index (χ1n) is 8.98. The number of guanidine groups is 1. The maximum atomic E-state index is 14.6. The monoisotopic (exact) mass is 528 g/mol. The second-order valence-corrected chi connectivity index (χ2v) is 8.26. The molecule has 0 amide bonds. The van der Waals surface area contributed by atoms with Crippen molar-refractivity contribution in [3.05, 3.63) is 34.6 Å². The van der Waals surface area contributed by atoms with Gasteiger partial charge in [-0.2, -0.15) is 11.8 Å². The number of thioether (sulfide) groups is 1. The molecule has 2 aliphatic heterocycles. The molecule has 0 saturated carbocycles. The van der Waals surface area contributed by atoms with E-state index in [1.807, 2.05) is 18.7 Å². The van der Waals surface area contributed by atoms with Gasteiger partial charge in [0.2, 0.25) is 0 Å². The Kier molecular flexibility index (Phi) is 9.40. The summed E-state index contributed by atoms with van der Waals surface area (Å²) in [6, 6.07) is 4.55. The number of aliphatic imine (C=N–C) groups is 1. The lowest BCUT2D eigenvalue weighted by atomic mass is 10.0. The Balaban J connectivity index is 0.00000261. The molecule has 3 rings (SSSR count). The van der Waals surface area contributed by atoms with Crippen molar-refractivity contribution in [1.29, 1.82) is 0 Å². The van der Waals surface area contributed by atoms with Crippen LogP contribution in [0.1, 0.15) is 18.5 Å². The number of nitrogens with two attached hydrogens (primary N) is 1. The van der Waals surface area contributed by atoms with E-state index in [9.17, 15) is 4.39 Å². The molecule has 2 fully saturated rings. The van der Waals surface area contributed by atoms with Gasteiger partial charge in [0.05, 0.1) is 25.3 Å². The fourth-order valence-electron chi connectivity index (χ4n) is 3.42. The zero-order chi connectivity index (χ0) is 18.5. The Morgan fingerprint density at radius 3 is 2.81 bits per heavy atom. The molecule has 0 radical (unpaired) electrons. The lowest BCUT2D eigenvalue weighted by Crippen LogP contribution is -2.45. The summed E-state index contributed by atoms with van der Waals surface area (Å²) in [6.45, 7) is 6.25. The number of morpholine rings is 1. The van der Waals surface area contributed by atoms with Crippen LogP contribution in [0.25, 0.3) is 0 Å². The smallest absolute Gasteiger partial charge is 0.191 e. The van der Waals surface area contributed by atoms with Gasteiger partial charge in [0.25, 0.3) is 0 Å². The first-order chi connectivity index (χ1) is 12.6. The Morgan fingerprint density at radius 2 is 2.15 bits per heavy atom. The summed E-state index contributed by atoms with van der Waals surface area (Å²) >= 11 is 8.28. The molecular weight excluding hydrogens is 502 g/mol. The van der Waals surface area contributed by atoms with Gasteiger partial charge in [0, 0.05) is 48.3 Å². The highest BCUT2D eigenvalue weighted by Gasteiger charge is 2.29. The summed E-state index contributed by atoms with van der Waals surface area (Å²) in [7, 11) is 0. The molecular formula is C18H27ClFIN4OS. The minimum Gasteiger partial charge on any atom is -0.376 e. The topological polar surface area (TPSA) is 54.1 Å². The second kappa shape index (κ2) is 11.0. The van der Waals surface area contributed by atoms with Crippen LogP contribution in [0.5, 0.6) is 0 Å². The largest absolute Gasteiger partial charge is 0.376 e. The van der Waals surface area contributed by atoms with Crippen LogP contribution in [0.4, 0.5) is 4.39 Å². The van der Waals surface area contributed by atoms with E-state index in [4.69, 9.17) is 22.1 Å². The fraction of sp³-hybridized carbons (Fsp3) is 0.611. The van der Waals surface area contributed by atoms with E-state index in [2.05, 4.69) is 14.8 Å². The van der Waals surface area contributed by atoms with Gasteiger partial charge in [-0.1, -0.05) is 17.7 Å². The Hall–Kier alpha value is -0.290. The number of nitrogens with zero attached hydrogens (tertiary/aromatic N) is 3. The van der Waals surface area contributed by atoms with Crippen LogP contribution in [0.2, 0.25) is 5.02 Å². The SMILES string of the molecule is CC1CN(C(CN=C(N)N2CCSCC2)c2c(F)cccc2Cl)CCO1.I. The van der Waals surface area contributed by atoms with Crippen LogP contribution in [-0.4, -0.2) is 72.7 Å². The molecule has 2 aliphatic rings. The van der Waals surface area contributed by atoms with Gasteiger partial charge >= 0.3 is 0 Å². The van der Waals surface area contributed by atoms with Crippen LogP contribution in [-0.2, 0) is 4.74 Å². The molecule has 2 unspecified atom stereocenters. The molecule has 2 saturated heterocycles. The maximum Gasteiger partial charge on any atom is 0.191 e. The Morgan fingerprint density at radius 1 is 1.41 bits per heavy atom. The molecule has 2 heterocycles. The predicted octanol–water partition coefficient (Wildman–Crippen LogP) is 3.22. The van der Waals surface area contributed by atoms with Gasteiger partial charge in [-0.25, -0.2) is 4.39 Å². The molecule has 2 atom stereocenters.